The van der Waals surface area contributed by atoms with E-state index in [0.717, 1.165) is 31.0 Å². The highest BCUT2D eigenvalue weighted by molar-refractivity contribution is 4.91. The first-order valence-corrected chi connectivity index (χ1v) is 5.52. The van der Waals surface area contributed by atoms with Crippen molar-refractivity contribution in [3.8, 4) is 0 Å². The normalized spacial score (nSPS) is 28.8. The molecule has 1 aliphatic rings. The molecule has 2 heteroatoms. The van der Waals surface area contributed by atoms with Gasteiger partial charge in [-0.2, -0.15) is 0 Å². The number of rotatable bonds is 7. The molecule has 0 aromatic carbocycles. The lowest BCUT2D eigenvalue weighted by Crippen LogP contribution is -2.31. The first kappa shape index (κ1) is 11.0. The molecule has 1 aliphatic carbocycles. The van der Waals surface area contributed by atoms with Crippen molar-refractivity contribution in [3.05, 3.63) is 0 Å². The summed E-state index contributed by atoms with van der Waals surface area (Å²) in [5, 5.41) is 3.58. The highest BCUT2D eigenvalue weighted by Crippen LogP contribution is 2.41. The second-order valence-electron chi connectivity index (χ2n) is 4.18. The van der Waals surface area contributed by atoms with E-state index in [1.165, 1.54) is 19.3 Å². The van der Waals surface area contributed by atoms with Crippen molar-refractivity contribution in [1.29, 1.82) is 0 Å². The van der Waals surface area contributed by atoms with Crippen LogP contribution in [0.2, 0.25) is 0 Å². The minimum Gasteiger partial charge on any atom is -0.385 e. The maximum Gasteiger partial charge on any atom is 0.0462 e. The maximum atomic E-state index is 5.07. The SMILES string of the molecule is CCNC(CCCOC)C1CC1C. The van der Waals surface area contributed by atoms with Crippen LogP contribution in [0.4, 0.5) is 0 Å². The zero-order chi connectivity index (χ0) is 9.68. The Balaban J connectivity index is 2.14. The summed E-state index contributed by atoms with van der Waals surface area (Å²) < 4.78 is 5.07. The molecule has 78 valence electrons. The molecule has 0 radical (unpaired) electrons. The Bertz CT molecular complexity index is 138. The minimum atomic E-state index is 0.746. The number of nitrogens with one attached hydrogen (secondary N) is 1. The van der Waals surface area contributed by atoms with E-state index < -0.39 is 0 Å². The first-order chi connectivity index (χ1) is 6.29. The second kappa shape index (κ2) is 5.61. The fourth-order valence-electron chi connectivity index (χ4n) is 2.09. The van der Waals surface area contributed by atoms with Gasteiger partial charge >= 0.3 is 0 Å². The van der Waals surface area contributed by atoms with Gasteiger partial charge in [0.05, 0.1) is 0 Å². The van der Waals surface area contributed by atoms with E-state index in [1.807, 2.05) is 0 Å². The summed E-state index contributed by atoms with van der Waals surface area (Å²) in [6.07, 6.45) is 3.89. The van der Waals surface area contributed by atoms with E-state index in [1.54, 1.807) is 7.11 Å². The Labute approximate surface area is 82.0 Å². The number of hydrogen-bond donors (Lipinski definition) is 1. The van der Waals surface area contributed by atoms with Crippen LogP contribution >= 0.6 is 0 Å². The van der Waals surface area contributed by atoms with Gasteiger partial charge in [-0.15, -0.1) is 0 Å². The summed E-state index contributed by atoms with van der Waals surface area (Å²) >= 11 is 0. The van der Waals surface area contributed by atoms with E-state index in [9.17, 15) is 0 Å². The summed E-state index contributed by atoms with van der Waals surface area (Å²) in [4.78, 5) is 0. The first-order valence-electron chi connectivity index (χ1n) is 5.52. The van der Waals surface area contributed by atoms with Crippen molar-refractivity contribution < 1.29 is 4.74 Å². The van der Waals surface area contributed by atoms with Gasteiger partial charge in [-0.25, -0.2) is 0 Å². The van der Waals surface area contributed by atoms with Crippen molar-refractivity contribution in [2.45, 2.75) is 39.2 Å². The molecule has 0 saturated heterocycles. The van der Waals surface area contributed by atoms with Gasteiger partial charge in [0.2, 0.25) is 0 Å². The van der Waals surface area contributed by atoms with Crippen LogP contribution in [0.5, 0.6) is 0 Å². The number of methoxy groups -OCH3 is 1. The number of ether oxygens (including phenoxy) is 1. The molecule has 0 aliphatic heterocycles. The molecule has 0 aromatic rings. The zero-order valence-corrected chi connectivity index (χ0v) is 9.18. The van der Waals surface area contributed by atoms with Crippen molar-refractivity contribution in [3.63, 3.8) is 0 Å². The molecule has 0 spiro atoms. The third-order valence-electron chi connectivity index (χ3n) is 3.02. The lowest BCUT2D eigenvalue weighted by molar-refractivity contribution is 0.187. The van der Waals surface area contributed by atoms with E-state index in [4.69, 9.17) is 4.74 Å². The molecule has 0 bridgehead atoms. The Kier molecular flexibility index (Phi) is 4.74. The van der Waals surface area contributed by atoms with Crippen LogP contribution in [-0.4, -0.2) is 26.3 Å². The summed E-state index contributed by atoms with van der Waals surface area (Å²) in [6.45, 7) is 6.55. The molecule has 1 saturated carbocycles. The van der Waals surface area contributed by atoms with Crippen LogP contribution in [0.25, 0.3) is 0 Å². The molecular formula is C11H23NO. The third kappa shape index (κ3) is 3.65. The van der Waals surface area contributed by atoms with Crippen LogP contribution in [0.3, 0.4) is 0 Å². The van der Waals surface area contributed by atoms with Crippen molar-refractivity contribution in [1.82, 2.24) is 5.32 Å². The standard InChI is InChI=1S/C11H23NO/c1-4-12-11(6-5-7-13-3)10-8-9(10)2/h9-12H,4-8H2,1-3H3. The van der Waals surface area contributed by atoms with Crippen molar-refractivity contribution >= 4 is 0 Å². The molecule has 3 atom stereocenters. The largest absolute Gasteiger partial charge is 0.385 e. The third-order valence-corrected chi connectivity index (χ3v) is 3.02. The summed E-state index contributed by atoms with van der Waals surface area (Å²) in [5.41, 5.74) is 0. The summed E-state index contributed by atoms with van der Waals surface area (Å²) in [6, 6.07) is 0.746. The molecule has 1 fully saturated rings. The van der Waals surface area contributed by atoms with E-state index in [0.29, 0.717) is 0 Å². The molecule has 1 rings (SSSR count). The van der Waals surface area contributed by atoms with Gasteiger partial charge < -0.3 is 10.1 Å². The van der Waals surface area contributed by atoms with Gasteiger partial charge in [0.1, 0.15) is 0 Å². The average molecular weight is 185 g/mol. The molecule has 0 amide bonds. The molecule has 0 heterocycles. The van der Waals surface area contributed by atoms with Gasteiger partial charge in [-0.1, -0.05) is 13.8 Å². The van der Waals surface area contributed by atoms with Crippen LogP contribution in [0.15, 0.2) is 0 Å². The van der Waals surface area contributed by atoms with E-state index >= 15 is 0 Å². The van der Waals surface area contributed by atoms with Gasteiger partial charge in [0, 0.05) is 19.8 Å². The molecule has 0 aromatic heterocycles. The lowest BCUT2D eigenvalue weighted by atomic mass is 10.1. The van der Waals surface area contributed by atoms with Crippen molar-refractivity contribution in [2.75, 3.05) is 20.3 Å². The maximum absolute atomic E-state index is 5.07. The van der Waals surface area contributed by atoms with Gasteiger partial charge in [0.15, 0.2) is 0 Å². The monoisotopic (exact) mass is 185 g/mol. The van der Waals surface area contributed by atoms with E-state index in [2.05, 4.69) is 19.2 Å². The molecule has 3 unspecified atom stereocenters. The smallest absolute Gasteiger partial charge is 0.0462 e. The van der Waals surface area contributed by atoms with Crippen LogP contribution in [0.1, 0.15) is 33.1 Å². The number of hydrogen-bond acceptors (Lipinski definition) is 2. The highest BCUT2D eigenvalue weighted by Gasteiger charge is 2.38. The van der Waals surface area contributed by atoms with Gasteiger partial charge in [-0.05, 0) is 37.6 Å². The van der Waals surface area contributed by atoms with Gasteiger partial charge in [0.25, 0.3) is 0 Å². The second-order valence-corrected chi connectivity index (χ2v) is 4.18. The molecule has 1 N–H and O–H groups in total. The van der Waals surface area contributed by atoms with Crippen LogP contribution in [-0.2, 0) is 4.74 Å². The quantitative estimate of drug-likeness (QED) is 0.613. The summed E-state index contributed by atoms with van der Waals surface area (Å²) in [7, 11) is 1.78. The molecule has 13 heavy (non-hydrogen) atoms. The predicted octanol–water partition coefficient (Wildman–Crippen LogP) is 2.05. The Morgan fingerprint density at radius 2 is 2.23 bits per heavy atom. The minimum absolute atomic E-state index is 0.746. The lowest BCUT2D eigenvalue weighted by Gasteiger charge is -2.17. The topological polar surface area (TPSA) is 21.3 Å². The Morgan fingerprint density at radius 3 is 2.69 bits per heavy atom. The average Bonchev–Trinajstić information content (AvgIpc) is 2.82. The predicted molar refractivity (Wildman–Crippen MR) is 55.8 cm³/mol. The highest BCUT2D eigenvalue weighted by atomic mass is 16.5. The van der Waals surface area contributed by atoms with Crippen LogP contribution < -0.4 is 5.32 Å². The Hall–Kier alpha value is -0.0800. The fourth-order valence-corrected chi connectivity index (χ4v) is 2.09. The zero-order valence-electron chi connectivity index (χ0n) is 9.18. The van der Waals surface area contributed by atoms with Crippen molar-refractivity contribution in [2.24, 2.45) is 11.8 Å². The van der Waals surface area contributed by atoms with E-state index in [-0.39, 0.29) is 0 Å². The van der Waals surface area contributed by atoms with Gasteiger partial charge in [-0.3, -0.25) is 0 Å². The fraction of sp³-hybridized carbons (Fsp3) is 1.00. The molecular weight excluding hydrogens is 162 g/mol. The summed E-state index contributed by atoms with van der Waals surface area (Å²) in [5.74, 6) is 1.89. The molecule has 2 nitrogen and oxygen atoms in total. The Morgan fingerprint density at radius 1 is 1.54 bits per heavy atom. The van der Waals surface area contributed by atoms with Crippen LogP contribution in [0, 0.1) is 11.8 Å².